The Morgan fingerprint density at radius 1 is 0.881 bits per heavy atom. The number of hydrogen-bond acceptors (Lipinski definition) is 5. The second-order valence-electron chi connectivity index (χ2n) is 10.5. The molecule has 2 aromatic rings. The number of carbonyl (C=O) groups excluding carboxylic acids is 1. The normalized spacial score (nSPS) is 14.9. The number of halogens is 6. The number of likely N-dealkylation sites (N-methyl/N-ethyl adjacent to an activating group) is 1. The summed E-state index contributed by atoms with van der Waals surface area (Å²) in [5.41, 5.74) is -1.55. The first-order valence-corrected chi connectivity index (χ1v) is 14.0. The smallest absolute Gasteiger partial charge is 0.396 e. The van der Waals surface area contributed by atoms with Gasteiger partial charge < -0.3 is 15.1 Å². The van der Waals surface area contributed by atoms with Crippen LogP contribution in [0.2, 0.25) is 0 Å². The van der Waals surface area contributed by atoms with Gasteiger partial charge in [0.25, 0.3) is 0 Å². The third-order valence-corrected chi connectivity index (χ3v) is 7.17. The second-order valence-corrected chi connectivity index (χ2v) is 10.5. The Hall–Kier alpha value is -2.67. The largest absolute Gasteiger partial charge is 0.416 e. The van der Waals surface area contributed by atoms with Gasteiger partial charge in [-0.25, -0.2) is 0 Å². The first-order valence-electron chi connectivity index (χ1n) is 14.0. The van der Waals surface area contributed by atoms with Crippen LogP contribution in [0.5, 0.6) is 0 Å². The van der Waals surface area contributed by atoms with Gasteiger partial charge >= 0.3 is 12.4 Å². The third-order valence-electron chi connectivity index (χ3n) is 7.17. The molecule has 0 unspecified atom stereocenters. The Bertz CT molecular complexity index is 1040. The lowest BCUT2D eigenvalue weighted by Crippen LogP contribution is -2.48. The molecule has 0 atom stereocenters. The number of alkyl halides is 6. The van der Waals surface area contributed by atoms with E-state index in [1.807, 2.05) is 23.1 Å². The zero-order chi connectivity index (χ0) is 31.3. The van der Waals surface area contributed by atoms with E-state index in [1.54, 1.807) is 0 Å². The Morgan fingerprint density at radius 2 is 1.45 bits per heavy atom. The van der Waals surface area contributed by atoms with Gasteiger partial charge in [-0.15, -0.1) is 0 Å². The number of nitrogens with zero attached hydrogens (tertiary/aromatic N) is 3. The van der Waals surface area contributed by atoms with E-state index in [0.717, 1.165) is 12.8 Å². The maximum absolute atomic E-state index is 13.0. The van der Waals surface area contributed by atoms with Gasteiger partial charge in [0.2, 0.25) is 5.91 Å². The monoisotopic (exact) mass is 605 g/mol. The highest BCUT2D eigenvalue weighted by molar-refractivity contribution is 5.78. The van der Waals surface area contributed by atoms with Crippen molar-refractivity contribution in [3.8, 4) is 0 Å². The molecule has 1 aliphatic rings. The van der Waals surface area contributed by atoms with E-state index in [1.165, 1.54) is 17.5 Å². The van der Waals surface area contributed by atoms with Gasteiger partial charge in [0.15, 0.2) is 0 Å². The predicted octanol–water partition coefficient (Wildman–Crippen LogP) is 4.86. The van der Waals surface area contributed by atoms with Gasteiger partial charge in [0.1, 0.15) is 0 Å². The van der Waals surface area contributed by atoms with Gasteiger partial charge in [-0.2, -0.15) is 26.3 Å². The Labute approximate surface area is 243 Å². The minimum atomic E-state index is -4.91. The van der Waals surface area contributed by atoms with Crippen molar-refractivity contribution in [1.29, 1.82) is 0 Å². The number of aliphatic hydroxyl groups is 2. The maximum atomic E-state index is 13.0. The molecule has 2 N–H and O–H groups in total. The zero-order valence-electron chi connectivity index (χ0n) is 24.1. The summed E-state index contributed by atoms with van der Waals surface area (Å²) in [7, 11) is 1.48. The molecule has 0 bridgehead atoms. The second kappa shape index (κ2) is 16.8. The van der Waals surface area contributed by atoms with Crippen LogP contribution in [0.25, 0.3) is 0 Å². The molecular weight excluding hydrogens is 564 g/mol. The fourth-order valence-corrected chi connectivity index (χ4v) is 4.75. The summed E-state index contributed by atoms with van der Waals surface area (Å²) in [6.45, 7) is 4.75. The van der Waals surface area contributed by atoms with E-state index >= 15 is 0 Å². The molecule has 12 heteroatoms. The number of benzene rings is 2. The van der Waals surface area contributed by atoms with Gasteiger partial charge in [0, 0.05) is 52.4 Å². The Morgan fingerprint density at radius 3 is 1.90 bits per heavy atom. The van der Waals surface area contributed by atoms with Crippen molar-refractivity contribution in [2.45, 2.75) is 51.0 Å². The number of likely N-dealkylation sites (tertiary alicyclic amines) is 1. The highest BCUT2D eigenvalue weighted by Gasteiger charge is 2.37. The van der Waals surface area contributed by atoms with Crippen molar-refractivity contribution in [3.63, 3.8) is 0 Å². The van der Waals surface area contributed by atoms with Crippen LogP contribution in [-0.4, -0.2) is 96.4 Å². The molecule has 236 valence electrons. The van der Waals surface area contributed by atoms with Crippen LogP contribution < -0.4 is 0 Å². The summed E-state index contributed by atoms with van der Waals surface area (Å²) in [6, 6.07) is 12.0. The molecule has 42 heavy (non-hydrogen) atoms. The fourth-order valence-electron chi connectivity index (χ4n) is 4.75. The summed E-state index contributed by atoms with van der Waals surface area (Å²) in [6.07, 6.45) is -7.78. The minimum absolute atomic E-state index is 0.0145. The topological polar surface area (TPSA) is 67.3 Å². The van der Waals surface area contributed by atoms with Crippen LogP contribution in [0.1, 0.15) is 41.5 Å². The Balaban J connectivity index is 0.000000766. The van der Waals surface area contributed by atoms with Crippen molar-refractivity contribution < 1.29 is 41.4 Å². The minimum Gasteiger partial charge on any atom is -0.396 e. The molecule has 1 amide bonds. The van der Waals surface area contributed by atoms with Gasteiger partial charge in [-0.05, 0) is 56.4 Å². The molecule has 0 spiro atoms. The van der Waals surface area contributed by atoms with E-state index in [4.69, 9.17) is 5.11 Å². The van der Waals surface area contributed by atoms with Crippen LogP contribution in [0.3, 0.4) is 0 Å². The molecule has 0 aliphatic carbocycles. The molecule has 0 aromatic heterocycles. The molecule has 1 fully saturated rings. The summed E-state index contributed by atoms with van der Waals surface area (Å²) in [5, 5.41) is 18.3. The number of rotatable bonds is 11. The van der Waals surface area contributed by atoms with Gasteiger partial charge in [-0.3, -0.25) is 14.6 Å². The maximum Gasteiger partial charge on any atom is 0.416 e. The SMILES string of the molecule is CN(CCc1cc(C(F)(F)F)cc(C(F)(F)F)c1)C(=O)CN1CCC(N(CCO)CCCO)CC1.Cc1ccccc1. The van der Waals surface area contributed by atoms with E-state index in [-0.39, 0.29) is 56.3 Å². The van der Waals surface area contributed by atoms with Crippen LogP contribution in [0, 0.1) is 6.92 Å². The van der Waals surface area contributed by atoms with Crippen molar-refractivity contribution in [3.05, 3.63) is 70.8 Å². The third kappa shape index (κ3) is 12.3. The standard InChI is InChI=1S/C23H33F6N3O3.C7H8/c1-30(7-3-17-13-18(22(24,25)26)15-19(14-17)23(27,28)29)21(35)16-31-8-4-20(5-9-31)32(10-12-34)6-2-11-33;1-7-5-3-2-4-6-7/h13-15,20,33-34H,2-12,16H2,1H3;2-6H,1H3. The number of piperidine rings is 1. The molecule has 1 aliphatic heterocycles. The van der Waals surface area contributed by atoms with Crippen molar-refractivity contribution in [2.24, 2.45) is 0 Å². The lowest BCUT2D eigenvalue weighted by Gasteiger charge is -2.38. The van der Waals surface area contributed by atoms with Crippen LogP contribution in [0.15, 0.2) is 48.5 Å². The number of aryl methyl sites for hydroxylation is 1. The highest BCUT2D eigenvalue weighted by Crippen LogP contribution is 2.36. The molecule has 6 nitrogen and oxygen atoms in total. The molecule has 3 rings (SSSR count). The van der Waals surface area contributed by atoms with Crippen molar-refractivity contribution in [2.75, 3.05) is 59.5 Å². The molecule has 0 saturated carbocycles. The number of carbonyl (C=O) groups is 1. The van der Waals surface area contributed by atoms with Crippen LogP contribution in [-0.2, 0) is 23.6 Å². The number of aliphatic hydroxyl groups excluding tert-OH is 2. The average molecular weight is 606 g/mol. The summed E-state index contributed by atoms with van der Waals surface area (Å²) >= 11 is 0. The molecule has 1 saturated heterocycles. The molecule has 2 aromatic carbocycles. The first kappa shape index (κ1) is 35.5. The van der Waals surface area contributed by atoms with E-state index < -0.39 is 23.5 Å². The lowest BCUT2D eigenvalue weighted by molar-refractivity contribution is -0.143. The van der Waals surface area contributed by atoms with Gasteiger partial charge in [-0.1, -0.05) is 35.9 Å². The summed E-state index contributed by atoms with van der Waals surface area (Å²) in [4.78, 5) is 18.0. The molecule has 0 radical (unpaired) electrons. The van der Waals surface area contributed by atoms with Crippen molar-refractivity contribution >= 4 is 5.91 Å². The molecule has 1 heterocycles. The van der Waals surface area contributed by atoms with Crippen molar-refractivity contribution in [1.82, 2.24) is 14.7 Å². The van der Waals surface area contributed by atoms with Crippen LogP contribution >= 0.6 is 0 Å². The van der Waals surface area contributed by atoms with E-state index in [0.29, 0.717) is 44.7 Å². The summed E-state index contributed by atoms with van der Waals surface area (Å²) in [5.74, 6) is -0.265. The quantitative estimate of drug-likeness (QED) is 0.359. The van der Waals surface area contributed by atoms with E-state index in [2.05, 4.69) is 24.0 Å². The number of hydrogen-bond donors (Lipinski definition) is 2. The fraction of sp³-hybridized carbons (Fsp3) is 0.567. The van der Waals surface area contributed by atoms with Crippen LogP contribution in [0.4, 0.5) is 26.3 Å². The first-order chi connectivity index (χ1) is 19.7. The summed E-state index contributed by atoms with van der Waals surface area (Å²) < 4.78 is 78.2. The zero-order valence-corrected chi connectivity index (χ0v) is 24.1. The predicted molar refractivity (Wildman–Crippen MR) is 149 cm³/mol. The highest BCUT2D eigenvalue weighted by atomic mass is 19.4. The molecular formula is C30H41F6N3O3. The Kier molecular flexibility index (Phi) is 14.2. The van der Waals surface area contributed by atoms with E-state index in [9.17, 15) is 36.2 Å². The lowest BCUT2D eigenvalue weighted by atomic mass is 10.0. The number of amides is 1. The average Bonchev–Trinajstić information content (AvgIpc) is 2.94. The van der Waals surface area contributed by atoms with Gasteiger partial charge in [0.05, 0.1) is 24.3 Å².